The van der Waals surface area contributed by atoms with Crippen LogP contribution in [0.25, 0.3) is 10.9 Å². The molecule has 4 heteroatoms. The highest BCUT2D eigenvalue weighted by Gasteiger charge is 2.11. The fourth-order valence-electron chi connectivity index (χ4n) is 2.20. The molecule has 0 radical (unpaired) electrons. The first-order chi connectivity index (χ1) is 8.13. The number of fused-ring (bicyclic) bond motifs is 1. The van der Waals surface area contributed by atoms with Crippen molar-refractivity contribution in [3.05, 3.63) is 29.5 Å². The van der Waals surface area contributed by atoms with E-state index in [0.29, 0.717) is 6.42 Å². The Hall–Kier alpha value is -1.84. The molecule has 4 nitrogen and oxygen atoms in total. The predicted octanol–water partition coefficient (Wildman–Crippen LogP) is 2.15. The fraction of sp³-hybridized carbons (Fsp3) is 0.385. The van der Waals surface area contributed by atoms with Crippen molar-refractivity contribution >= 4 is 16.9 Å². The minimum absolute atomic E-state index is 0.158. The van der Waals surface area contributed by atoms with E-state index in [9.17, 15) is 4.79 Å². The number of nitrogens with zero attached hydrogens (tertiary/aromatic N) is 2. The smallest absolute Gasteiger partial charge is 0.303 e. The Morgan fingerprint density at radius 2 is 2.24 bits per heavy atom. The van der Waals surface area contributed by atoms with E-state index in [4.69, 9.17) is 5.11 Å². The van der Waals surface area contributed by atoms with Crippen LogP contribution >= 0.6 is 0 Å². The van der Waals surface area contributed by atoms with Crippen molar-refractivity contribution < 1.29 is 9.90 Å². The Morgan fingerprint density at radius 1 is 1.47 bits per heavy atom. The maximum atomic E-state index is 10.6. The first-order valence-corrected chi connectivity index (χ1v) is 5.78. The highest BCUT2D eigenvalue weighted by atomic mass is 16.4. The molecular weight excluding hydrogens is 216 g/mol. The molecule has 17 heavy (non-hydrogen) atoms. The first-order valence-electron chi connectivity index (χ1n) is 5.78. The van der Waals surface area contributed by atoms with E-state index in [1.807, 2.05) is 29.9 Å². The quantitative estimate of drug-likeness (QED) is 0.878. The maximum absolute atomic E-state index is 10.6. The number of carboxylic acid groups (broad SMARTS) is 1. The lowest BCUT2D eigenvalue weighted by Crippen LogP contribution is -2.00. The molecule has 0 aliphatic heterocycles. The normalized spacial score (nSPS) is 10.9. The highest BCUT2D eigenvalue weighted by Crippen LogP contribution is 2.23. The molecule has 0 spiro atoms. The zero-order valence-corrected chi connectivity index (χ0v) is 10.1. The van der Waals surface area contributed by atoms with Crippen molar-refractivity contribution in [2.24, 2.45) is 7.05 Å². The summed E-state index contributed by atoms with van der Waals surface area (Å²) in [5.74, 6) is -0.764. The van der Waals surface area contributed by atoms with Crippen molar-refractivity contribution in [3.63, 3.8) is 0 Å². The Kier molecular flexibility index (Phi) is 3.13. The van der Waals surface area contributed by atoms with E-state index in [-0.39, 0.29) is 6.42 Å². The molecule has 0 aliphatic rings. The van der Waals surface area contributed by atoms with Crippen LogP contribution in [-0.2, 0) is 24.7 Å². The summed E-state index contributed by atoms with van der Waals surface area (Å²) in [7, 11) is 1.91. The Balaban J connectivity index is 2.49. The third-order valence-electron chi connectivity index (χ3n) is 2.97. The van der Waals surface area contributed by atoms with Crippen LogP contribution in [0.3, 0.4) is 0 Å². The minimum atomic E-state index is -0.764. The SMILES string of the molecule is CCc1nn(C)c2c(CCC(=O)O)cccc12. The molecule has 0 saturated heterocycles. The second kappa shape index (κ2) is 4.57. The molecule has 0 aliphatic carbocycles. The molecule has 1 aromatic carbocycles. The number of benzene rings is 1. The number of aliphatic carboxylic acids is 1. The Morgan fingerprint density at radius 3 is 2.88 bits per heavy atom. The van der Waals surface area contributed by atoms with E-state index in [1.165, 1.54) is 0 Å². The van der Waals surface area contributed by atoms with Crippen LogP contribution in [0.4, 0.5) is 0 Å². The van der Waals surface area contributed by atoms with Gasteiger partial charge in [0.1, 0.15) is 0 Å². The van der Waals surface area contributed by atoms with Crippen molar-refractivity contribution in [2.45, 2.75) is 26.2 Å². The standard InChI is InChI=1S/C13H16N2O2/c1-3-11-10-6-4-5-9(7-8-12(16)17)13(10)15(2)14-11/h4-6H,3,7-8H2,1-2H3,(H,16,17). The maximum Gasteiger partial charge on any atom is 0.303 e. The van der Waals surface area contributed by atoms with Gasteiger partial charge in [0.2, 0.25) is 0 Å². The van der Waals surface area contributed by atoms with E-state index >= 15 is 0 Å². The van der Waals surface area contributed by atoms with Gasteiger partial charge in [0, 0.05) is 18.9 Å². The van der Waals surface area contributed by atoms with Gasteiger partial charge in [-0.1, -0.05) is 25.1 Å². The van der Waals surface area contributed by atoms with Crippen LogP contribution in [0.5, 0.6) is 0 Å². The molecule has 0 bridgehead atoms. The summed E-state index contributed by atoms with van der Waals surface area (Å²) < 4.78 is 1.85. The monoisotopic (exact) mass is 232 g/mol. The lowest BCUT2D eigenvalue weighted by Gasteiger charge is -2.03. The number of aromatic nitrogens is 2. The number of carbonyl (C=O) groups is 1. The molecule has 0 amide bonds. The summed E-state index contributed by atoms with van der Waals surface area (Å²) in [5.41, 5.74) is 3.19. The molecule has 1 N–H and O–H groups in total. The van der Waals surface area contributed by atoms with Crippen molar-refractivity contribution in [1.82, 2.24) is 9.78 Å². The van der Waals surface area contributed by atoms with Gasteiger partial charge >= 0.3 is 5.97 Å². The summed E-state index contributed by atoms with van der Waals surface area (Å²) in [4.78, 5) is 10.6. The average Bonchev–Trinajstić information content (AvgIpc) is 2.64. The second-order valence-corrected chi connectivity index (χ2v) is 4.13. The van der Waals surface area contributed by atoms with E-state index in [0.717, 1.165) is 28.6 Å². The van der Waals surface area contributed by atoms with Gasteiger partial charge < -0.3 is 5.11 Å². The average molecular weight is 232 g/mol. The van der Waals surface area contributed by atoms with Gasteiger partial charge in [0.25, 0.3) is 0 Å². The largest absolute Gasteiger partial charge is 0.481 e. The Bertz CT molecular complexity index is 558. The van der Waals surface area contributed by atoms with Crippen LogP contribution in [0.1, 0.15) is 24.6 Å². The van der Waals surface area contributed by atoms with Crippen molar-refractivity contribution in [3.8, 4) is 0 Å². The van der Waals surface area contributed by atoms with Crippen LogP contribution in [0.15, 0.2) is 18.2 Å². The highest BCUT2D eigenvalue weighted by molar-refractivity contribution is 5.85. The fourth-order valence-corrected chi connectivity index (χ4v) is 2.20. The van der Waals surface area contributed by atoms with Crippen LogP contribution < -0.4 is 0 Å². The summed E-state index contributed by atoms with van der Waals surface area (Å²) in [6.45, 7) is 2.08. The molecule has 0 fully saturated rings. The summed E-state index contributed by atoms with van der Waals surface area (Å²) in [6, 6.07) is 6.00. The topological polar surface area (TPSA) is 55.1 Å². The third kappa shape index (κ3) is 2.16. The van der Waals surface area contributed by atoms with Gasteiger partial charge in [-0.15, -0.1) is 0 Å². The van der Waals surface area contributed by atoms with Gasteiger partial charge in [0.05, 0.1) is 11.2 Å². The zero-order valence-electron chi connectivity index (χ0n) is 10.1. The van der Waals surface area contributed by atoms with Crippen molar-refractivity contribution in [2.75, 3.05) is 0 Å². The third-order valence-corrected chi connectivity index (χ3v) is 2.97. The lowest BCUT2D eigenvalue weighted by molar-refractivity contribution is -0.136. The summed E-state index contributed by atoms with van der Waals surface area (Å²) in [6.07, 6.45) is 1.60. The molecule has 2 rings (SSSR count). The van der Waals surface area contributed by atoms with Gasteiger partial charge in [-0.05, 0) is 18.4 Å². The number of aryl methyl sites for hydroxylation is 3. The predicted molar refractivity (Wildman–Crippen MR) is 66.0 cm³/mol. The molecule has 0 unspecified atom stereocenters. The van der Waals surface area contributed by atoms with Crippen molar-refractivity contribution in [1.29, 1.82) is 0 Å². The molecule has 0 saturated carbocycles. The molecule has 90 valence electrons. The molecular formula is C13H16N2O2. The van der Waals surface area contributed by atoms with Gasteiger partial charge in [-0.25, -0.2) is 0 Å². The Labute approximate surface area is 99.9 Å². The number of para-hydroxylation sites is 1. The molecule has 2 aromatic rings. The molecule has 1 aromatic heterocycles. The number of hydrogen-bond acceptors (Lipinski definition) is 2. The minimum Gasteiger partial charge on any atom is -0.481 e. The molecule has 1 heterocycles. The number of rotatable bonds is 4. The van der Waals surface area contributed by atoms with E-state index in [1.54, 1.807) is 0 Å². The summed E-state index contributed by atoms with van der Waals surface area (Å²) in [5, 5.41) is 14.3. The zero-order chi connectivity index (χ0) is 12.4. The lowest BCUT2D eigenvalue weighted by atomic mass is 10.0. The molecule has 0 atom stereocenters. The van der Waals surface area contributed by atoms with E-state index < -0.39 is 5.97 Å². The first kappa shape index (κ1) is 11.6. The second-order valence-electron chi connectivity index (χ2n) is 4.13. The van der Waals surface area contributed by atoms with Crippen LogP contribution in [0.2, 0.25) is 0 Å². The summed E-state index contributed by atoms with van der Waals surface area (Å²) >= 11 is 0. The van der Waals surface area contributed by atoms with E-state index in [2.05, 4.69) is 12.0 Å². The number of hydrogen-bond donors (Lipinski definition) is 1. The van der Waals surface area contributed by atoms with Crippen LogP contribution in [0, 0.1) is 0 Å². The van der Waals surface area contributed by atoms with Gasteiger partial charge in [-0.2, -0.15) is 5.10 Å². The number of carboxylic acids is 1. The van der Waals surface area contributed by atoms with Gasteiger partial charge in [0.15, 0.2) is 0 Å². The van der Waals surface area contributed by atoms with Crippen LogP contribution in [-0.4, -0.2) is 20.9 Å². The van der Waals surface area contributed by atoms with Gasteiger partial charge in [-0.3, -0.25) is 9.48 Å².